The first-order chi connectivity index (χ1) is 9.78. The highest BCUT2D eigenvalue weighted by molar-refractivity contribution is 5.88. The third-order valence-electron chi connectivity index (χ3n) is 3.55. The monoisotopic (exact) mass is 269 g/mol. The second kappa shape index (κ2) is 5.41. The first kappa shape index (κ1) is 12.8. The van der Waals surface area contributed by atoms with Crippen LogP contribution in [0.2, 0.25) is 0 Å². The van der Waals surface area contributed by atoms with Crippen LogP contribution in [0.15, 0.2) is 41.4 Å². The molecule has 0 atom stereocenters. The average Bonchev–Trinajstić information content (AvgIpc) is 3.28. The van der Waals surface area contributed by atoms with Gasteiger partial charge in [0.05, 0.1) is 13.7 Å². The van der Waals surface area contributed by atoms with Crippen molar-refractivity contribution >= 4 is 16.7 Å². The molecule has 3 N–H and O–H groups in total. The Morgan fingerprint density at radius 3 is 2.85 bits per heavy atom. The summed E-state index contributed by atoms with van der Waals surface area (Å²) in [5, 5.41) is 5.55. The lowest BCUT2D eigenvalue weighted by molar-refractivity contribution is 0.411. The first-order valence-electron chi connectivity index (χ1n) is 6.89. The SMILES string of the molecule is COc1ccc2ccccc2c1CN=C(N)NC1CC1. The predicted octanol–water partition coefficient (Wildman–Crippen LogP) is 2.42. The van der Waals surface area contributed by atoms with E-state index in [1.54, 1.807) is 7.11 Å². The summed E-state index contributed by atoms with van der Waals surface area (Å²) in [4.78, 5) is 4.44. The summed E-state index contributed by atoms with van der Waals surface area (Å²) in [5.74, 6) is 1.37. The van der Waals surface area contributed by atoms with Gasteiger partial charge in [0.25, 0.3) is 0 Å². The maximum Gasteiger partial charge on any atom is 0.189 e. The van der Waals surface area contributed by atoms with Crippen LogP contribution in [0.4, 0.5) is 0 Å². The minimum atomic E-state index is 0.516. The fourth-order valence-corrected chi connectivity index (χ4v) is 2.32. The number of methoxy groups -OCH3 is 1. The maximum absolute atomic E-state index is 5.90. The molecule has 1 saturated carbocycles. The number of nitrogens with zero attached hydrogens (tertiary/aromatic N) is 1. The lowest BCUT2D eigenvalue weighted by atomic mass is 10.0. The molecular weight excluding hydrogens is 250 g/mol. The molecule has 4 nitrogen and oxygen atoms in total. The number of guanidine groups is 1. The van der Waals surface area contributed by atoms with Crippen LogP contribution in [0.3, 0.4) is 0 Å². The second-order valence-electron chi connectivity index (χ2n) is 5.09. The van der Waals surface area contributed by atoms with Gasteiger partial charge < -0.3 is 15.8 Å². The summed E-state index contributed by atoms with van der Waals surface area (Å²) >= 11 is 0. The zero-order valence-electron chi connectivity index (χ0n) is 11.6. The molecule has 1 aliphatic rings. The topological polar surface area (TPSA) is 59.6 Å². The Morgan fingerprint density at radius 1 is 1.30 bits per heavy atom. The summed E-state index contributed by atoms with van der Waals surface area (Å²) in [5.41, 5.74) is 6.97. The highest BCUT2D eigenvalue weighted by atomic mass is 16.5. The van der Waals surface area contributed by atoms with Gasteiger partial charge in [0.15, 0.2) is 5.96 Å². The number of rotatable bonds is 4. The van der Waals surface area contributed by atoms with Gasteiger partial charge >= 0.3 is 0 Å². The molecule has 0 aliphatic heterocycles. The van der Waals surface area contributed by atoms with Crippen LogP contribution in [-0.4, -0.2) is 19.1 Å². The summed E-state index contributed by atoms with van der Waals surface area (Å²) in [7, 11) is 1.68. The number of nitrogens with one attached hydrogen (secondary N) is 1. The molecule has 0 heterocycles. The molecule has 2 aromatic carbocycles. The third-order valence-corrected chi connectivity index (χ3v) is 3.55. The van der Waals surface area contributed by atoms with Gasteiger partial charge in [0, 0.05) is 11.6 Å². The Bertz CT molecular complexity index is 647. The van der Waals surface area contributed by atoms with Crippen molar-refractivity contribution < 1.29 is 4.74 Å². The van der Waals surface area contributed by atoms with Crippen LogP contribution in [-0.2, 0) is 6.54 Å². The van der Waals surface area contributed by atoms with Crippen LogP contribution in [0.1, 0.15) is 18.4 Å². The molecule has 20 heavy (non-hydrogen) atoms. The number of aliphatic imine (C=N–C) groups is 1. The Balaban J connectivity index is 1.91. The van der Waals surface area contributed by atoms with E-state index in [1.807, 2.05) is 18.2 Å². The number of hydrogen-bond donors (Lipinski definition) is 2. The van der Waals surface area contributed by atoms with Crippen molar-refractivity contribution in [3.8, 4) is 5.75 Å². The van der Waals surface area contributed by atoms with E-state index in [4.69, 9.17) is 10.5 Å². The fraction of sp³-hybridized carbons (Fsp3) is 0.312. The van der Waals surface area contributed by atoms with Crippen molar-refractivity contribution in [1.82, 2.24) is 5.32 Å². The van der Waals surface area contributed by atoms with Gasteiger partial charge in [0.2, 0.25) is 0 Å². The number of benzene rings is 2. The van der Waals surface area contributed by atoms with Gasteiger partial charge in [-0.05, 0) is 29.7 Å². The van der Waals surface area contributed by atoms with Crippen molar-refractivity contribution in [3.63, 3.8) is 0 Å². The summed E-state index contributed by atoms with van der Waals surface area (Å²) < 4.78 is 5.45. The highest BCUT2D eigenvalue weighted by Crippen LogP contribution is 2.28. The molecule has 0 saturated heterocycles. The van der Waals surface area contributed by atoms with Gasteiger partial charge in [-0.15, -0.1) is 0 Å². The maximum atomic E-state index is 5.90. The lowest BCUT2D eigenvalue weighted by Crippen LogP contribution is -2.33. The van der Waals surface area contributed by atoms with Crippen LogP contribution < -0.4 is 15.8 Å². The smallest absolute Gasteiger partial charge is 0.189 e. The Morgan fingerprint density at radius 2 is 2.10 bits per heavy atom. The Labute approximate surface area is 118 Å². The van der Waals surface area contributed by atoms with Crippen molar-refractivity contribution in [2.45, 2.75) is 25.4 Å². The molecule has 2 aromatic rings. The molecule has 3 rings (SSSR count). The van der Waals surface area contributed by atoms with Crippen molar-refractivity contribution in [3.05, 3.63) is 42.0 Å². The van der Waals surface area contributed by atoms with Crippen LogP contribution in [0.5, 0.6) is 5.75 Å². The minimum Gasteiger partial charge on any atom is -0.496 e. The van der Waals surface area contributed by atoms with E-state index >= 15 is 0 Å². The molecule has 0 radical (unpaired) electrons. The predicted molar refractivity (Wildman–Crippen MR) is 82.0 cm³/mol. The molecule has 104 valence electrons. The fourth-order valence-electron chi connectivity index (χ4n) is 2.32. The summed E-state index contributed by atoms with van der Waals surface area (Å²) in [6, 6.07) is 12.8. The van der Waals surface area contributed by atoms with E-state index in [0.717, 1.165) is 16.7 Å². The molecule has 0 spiro atoms. The van der Waals surface area contributed by atoms with Crippen LogP contribution in [0, 0.1) is 0 Å². The molecule has 1 aliphatic carbocycles. The van der Waals surface area contributed by atoms with E-state index < -0.39 is 0 Å². The Kier molecular flexibility index (Phi) is 3.46. The van der Waals surface area contributed by atoms with E-state index in [0.29, 0.717) is 18.5 Å². The number of hydrogen-bond acceptors (Lipinski definition) is 2. The molecule has 0 unspecified atom stereocenters. The van der Waals surface area contributed by atoms with Gasteiger partial charge in [-0.3, -0.25) is 0 Å². The number of fused-ring (bicyclic) bond motifs is 1. The van der Waals surface area contributed by atoms with Gasteiger partial charge in [-0.25, -0.2) is 4.99 Å². The van der Waals surface area contributed by atoms with E-state index in [2.05, 4.69) is 28.5 Å². The van der Waals surface area contributed by atoms with Crippen molar-refractivity contribution in [1.29, 1.82) is 0 Å². The van der Waals surface area contributed by atoms with Gasteiger partial charge in [0.1, 0.15) is 5.75 Å². The Hall–Kier alpha value is -2.23. The van der Waals surface area contributed by atoms with Crippen LogP contribution in [0.25, 0.3) is 10.8 Å². The molecule has 0 amide bonds. The largest absolute Gasteiger partial charge is 0.496 e. The molecule has 4 heteroatoms. The zero-order valence-corrected chi connectivity index (χ0v) is 11.6. The van der Waals surface area contributed by atoms with Crippen molar-refractivity contribution in [2.24, 2.45) is 10.7 Å². The molecule has 0 aromatic heterocycles. The summed E-state index contributed by atoms with van der Waals surface area (Å²) in [6.45, 7) is 0.524. The second-order valence-corrected chi connectivity index (χ2v) is 5.09. The van der Waals surface area contributed by atoms with Gasteiger partial charge in [-0.2, -0.15) is 0 Å². The standard InChI is InChI=1S/C16H19N3O/c1-20-15-9-6-11-4-2-3-5-13(11)14(15)10-18-16(17)19-12-7-8-12/h2-6,9,12H,7-8,10H2,1H3,(H3,17,18,19). The number of ether oxygens (including phenoxy) is 1. The summed E-state index contributed by atoms with van der Waals surface area (Å²) in [6.07, 6.45) is 2.38. The minimum absolute atomic E-state index is 0.516. The molecular formula is C16H19N3O. The van der Waals surface area contributed by atoms with E-state index in [9.17, 15) is 0 Å². The molecule has 0 bridgehead atoms. The van der Waals surface area contributed by atoms with Gasteiger partial charge in [-0.1, -0.05) is 30.3 Å². The normalized spacial score (nSPS) is 15.3. The van der Waals surface area contributed by atoms with Crippen LogP contribution >= 0.6 is 0 Å². The van der Waals surface area contributed by atoms with Crippen molar-refractivity contribution in [2.75, 3.05) is 7.11 Å². The van der Waals surface area contributed by atoms with E-state index in [1.165, 1.54) is 18.2 Å². The number of nitrogens with two attached hydrogens (primary N) is 1. The zero-order chi connectivity index (χ0) is 13.9. The first-order valence-corrected chi connectivity index (χ1v) is 6.89. The highest BCUT2D eigenvalue weighted by Gasteiger charge is 2.21. The van der Waals surface area contributed by atoms with E-state index in [-0.39, 0.29) is 0 Å². The quantitative estimate of drug-likeness (QED) is 0.662. The average molecular weight is 269 g/mol. The lowest BCUT2D eigenvalue weighted by Gasteiger charge is -2.11. The molecule has 1 fully saturated rings. The third kappa shape index (κ3) is 2.69.